The third-order valence-corrected chi connectivity index (χ3v) is 5.70. The third-order valence-electron chi connectivity index (χ3n) is 5.70. The molecule has 11 heteroatoms. The molecule has 2 rings (SSSR count). The lowest BCUT2D eigenvalue weighted by atomic mass is 9.85. The minimum absolute atomic E-state index is 0.0509. The SMILES string of the molecule is CCC(CC)(CC(=O)c1ccc(Oc2ccc(C(=O)COC(=O)C(C)C)cc2)cc1)NC(C)=O.O=C=O.O=C=O. The van der Waals surface area contributed by atoms with E-state index in [-0.39, 0.29) is 48.7 Å². The number of esters is 1. The van der Waals surface area contributed by atoms with Crippen LogP contribution >= 0.6 is 0 Å². The fourth-order valence-electron chi connectivity index (χ4n) is 3.44. The normalized spacial score (nSPS) is 9.85. The van der Waals surface area contributed by atoms with Crippen molar-refractivity contribution in [3.8, 4) is 11.5 Å². The van der Waals surface area contributed by atoms with Crippen LogP contribution in [0.4, 0.5) is 0 Å². The molecule has 214 valence electrons. The molecular formula is C29H33NO10. The highest BCUT2D eigenvalue weighted by Crippen LogP contribution is 2.25. The largest absolute Gasteiger partial charge is 0.457 e. The van der Waals surface area contributed by atoms with Crippen LogP contribution in [-0.2, 0) is 33.5 Å². The monoisotopic (exact) mass is 555 g/mol. The predicted molar refractivity (Wildman–Crippen MR) is 139 cm³/mol. The molecule has 0 aliphatic rings. The van der Waals surface area contributed by atoms with Crippen LogP contribution in [0.5, 0.6) is 11.5 Å². The van der Waals surface area contributed by atoms with Gasteiger partial charge in [-0.1, -0.05) is 27.7 Å². The van der Waals surface area contributed by atoms with Gasteiger partial charge in [0.25, 0.3) is 0 Å². The number of carbonyl (C=O) groups is 4. The van der Waals surface area contributed by atoms with Crippen LogP contribution < -0.4 is 10.1 Å². The van der Waals surface area contributed by atoms with Gasteiger partial charge >= 0.3 is 18.3 Å². The first-order valence-electron chi connectivity index (χ1n) is 12.3. The molecule has 0 heterocycles. The van der Waals surface area contributed by atoms with E-state index in [9.17, 15) is 19.2 Å². The zero-order valence-corrected chi connectivity index (χ0v) is 23.1. The molecule has 2 aromatic carbocycles. The number of ether oxygens (including phenoxy) is 2. The molecule has 2 aromatic rings. The van der Waals surface area contributed by atoms with Crippen LogP contribution in [0.1, 0.15) is 74.6 Å². The van der Waals surface area contributed by atoms with Crippen LogP contribution in [-0.4, -0.2) is 47.9 Å². The lowest BCUT2D eigenvalue weighted by Gasteiger charge is -2.32. The van der Waals surface area contributed by atoms with E-state index in [0.29, 0.717) is 35.5 Å². The van der Waals surface area contributed by atoms with E-state index in [4.69, 9.17) is 28.7 Å². The summed E-state index contributed by atoms with van der Waals surface area (Å²) in [6, 6.07) is 13.3. The molecule has 40 heavy (non-hydrogen) atoms. The number of hydrogen-bond donors (Lipinski definition) is 1. The van der Waals surface area contributed by atoms with E-state index in [1.165, 1.54) is 6.92 Å². The Morgan fingerprint density at radius 1 is 0.775 bits per heavy atom. The Kier molecular flexibility index (Phi) is 16.3. The maximum atomic E-state index is 12.8. The second-order valence-electron chi connectivity index (χ2n) is 8.77. The minimum Gasteiger partial charge on any atom is -0.457 e. The number of carbonyl (C=O) groups excluding carboxylic acids is 8. The zero-order valence-electron chi connectivity index (χ0n) is 23.1. The first kappa shape index (κ1) is 35.3. The summed E-state index contributed by atoms with van der Waals surface area (Å²) in [7, 11) is 0. The molecule has 0 bridgehead atoms. The number of benzene rings is 2. The molecule has 0 radical (unpaired) electrons. The molecule has 0 aliphatic heterocycles. The van der Waals surface area contributed by atoms with Crippen LogP contribution in [0.3, 0.4) is 0 Å². The van der Waals surface area contributed by atoms with Crippen molar-refractivity contribution in [1.82, 2.24) is 5.32 Å². The highest BCUT2D eigenvalue weighted by atomic mass is 16.5. The lowest BCUT2D eigenvalue weighted by Crippen LogP contribution is -2.48. The topological polar surface area (TPSA) is 167 Å². The Morgan fingerprint density at radius 2 is 1.18 bits per heavy atom. The molecule has 0 fully saturated rings. The van der Waals surface area contributed by atoms with Gasteiger partial charge in [-0.3, -0.25) is 19.2 Å². The second kappa shape index (κ2) is 18.5. The summed E-state index contributed by atoms with van der Waals surface area (Å²) in [6.07, 6.45) is 2.05. The van der Waals surface area contributed by atoms with Crippen molar-refractivity contribution >= 4 is 35.7 Å². The fraction of sp³-hybridized carbons (Fsp3) is 0.379. The average molecular weight is 556 g/mol. The standard InChI is InChI=1S/C27H33NO6.2CO2/c1-6-27(7-2,28-19(5)29)16-24(30)20-8-12-22(13-9-20)34-23-14-10-21(11-15-23)25(31)17-33-26(32)18(3)4;2*2-1-3/h8-15,18H,6-7,16-17H2,1-5H3,(H,28,29);;. The minimum atomic E-state index is -0.551. The number of nitrogens with one attached hydrogen (secondary N) is 1. The van der Waals surface area contributed by atoms with E-state index in [2.05, 4.69) is 5.32 Å². The molecule has 11 nitrogen and oxygen atoms in total. The Morgan fingerprint density at radius 3 is 1.52 bits per heavy atom. The van der Waals surface area contributed by atoms with Crippen molar-refractivity contribution < 1.29 is 47.8 Å². The maximum absolute atomic E-state index is 12.8. The molecule has 0 aromatic heterocycles. The molecule has 0 saturated heterocycles. The highest BCUT2D eigenvalue weighted by molar-refractivity contribution is 5.98. The Bertz CT molecular complexity index is 1170. The third kappa shape index (κ3) is 12.7. The first-order valence-corrected chi connectivity index (χ1v) is 12.3. The van der Waals surface area contributed by atoms with Gasteiger partial charge in [0.05, 0.1) is 5.92 Å². The van der Waals surface area contributed by atoms with Crippen LogP contribution in [0.25, 0.3) is 0 Å². The van der Waals surface area contributed by atoms with Gasteiger partial charge in [0.1, 0.15) is 11.5 Å². The zero-order chi connectivity index (χ0) is 30.7. The van der Waals surface area contributed by atoms with E-state index in [1.54, 1.807) is 62.4 Å². The highest BCUT2D eigenvalue weighted by Gasteiger charge is 2.30. The summed E-state index contributed by atoms with van der Waals surface area (Å²) in [6.45, 7) is 8.49. The number of ketones is 2. The Hall–Kier alpha value is -4.72. The second-order valence-corrected chi connectivity index (χ2v) is 8.77. The smallest absolute Gasteiger partial charge is 0.373 e. The van der Waals surface area contributed by atoms with Gasteiger partial charge in [0, 0.05) is 30.0 Å². The quantitative estimate of drug-likeness (QED) is 0.299. The first-order chi connectivity index (χ1) is 18.9. The van der Waals surface area contributed by atoms with Crippen molar-refractivity contribution in [2.75, 3.05) is 6.61 Å². The van der Waals surface area contributed by atoms with Gasteiger partial charge in [-0.2, -0.15) is 19.2 Å². The summed E-state index contributed by atoms with van der Waals surface area (Å²) < 4.78 is 10.8. The van der Waals surface area contributed by atoms with Gasteiger partial charge in [-0.15, -0.1) is 0 Å². The summed E-state index contributed by atoms with van der Waals surface area (Å²) in [5.41, 5.74) is 0.407. The van der Waals surface area contributed by atoms with E-state index in [1.807, 2.05) is 13.8 Å². The number of Topliss-reactive ketones (excluding diaryl/α,β-unsaturated/α-hetero) is 2. The van der Waals surface area contributed by atoms with E-state index >= 15 is 0 Å². The van der Waals surface area contributed by atoms with Gasteiger partial charge in [-0.05, 0) is 61.4 Å². The van der Waals surface area contributed by atoms with Crippen LogP contribution in [0, 0.1) is 5.92 Å². The summed E-state index contributed by atoms with van der Waals surface area (Å²) in [5.74, 6) is -0.131. The summed E-state index contributed by atoms with van der Waals surface area (Å²) in [5, 5.41) is 2.94. The fourth-order valence-corrected chi connectivity index (χ4v) is 3.44. The van der Waals surface area contributed by atoms with Crippen molar-refractivity contribution in [2.45, 2.75) is 59.4 Å². The van der Waals surface area contributed by atoms with E-state index < -0.39 is 11.5 Å². The summed E-state index contributed by atoms with van der Waals surface area (Å²) >= 11 is 0. The van der Waals surface area contributed by atoms with Crippen molar-refractivity contribution in [2.24, 2.45) is 5.92 Å². The Balaban J connectivity index is 0.00000232. The Labute approximate surface area is 232 Å². The van der Waals surface area contributed by atoms with Crippen molar-refractivity contribution in [3.05, 3.63) is 59.7 Å². The molecule has 1 amide bonds. The van der Waals surface area contributed by atoms with Crippen molar-refractivity contribution in [3.63, 3.8) is 0 Å². The van der Waals surface area contributed by atoms with Gasteiger partial charge in [0.15, 0.2) is 18.2 Å². The lowest BCUT2D eigenvalue weighted by molar-refractivity contribution is -0.193. The molecule has 0 atom stereocenters. The van der Waals surface area contributed by atoms with Crippen LogP contribution in [0.2, 0.25) is 0 Å². The van der Waals surface area contributed by atoms with Gasteiger partial charge in [0.2, 0.25) is 5.91 Å². The van der Waals surface area contributed by atoms with Crippen molar-refractivity contribution in [1.29, 1.82) is 0 Å². The van der Waals surface area contributed by atoms with Gasteiger partial charge in [-0.25, -0.2) is 0 Å². The number of hydrogen-bond acceptors (Lipinski definition) is 10. The number of amides is 1. The van der Waals surface area contributed by atoms with E-state index in [0.717, 1.165) is 0 Å². The molecule has 0 saturated carbocycles. The maximum Gasteiger partial charge on any atom is 0.373 e. The number of rotatable bonds is 12. The molecule has 0 aliphatic carbocycles. The summed E-state index contributed by atoms with van der Waals surface area (Å²) in [4.78, 5) is 80.6. The molecule has 0 unspecified atom stereocenters. The van der Waals surface area contributed by atoms with Crippen LogP contribution in [0.15, 0.2) is 48.5 Å². The predicted octanol–water partition coefficient (Wildman–Crippen LogP) is 3.96. The van der Waals surface area contributed by atoms with Gasteiger partial charge < -0.3 is 14.8 Å². The molecular weight excluding hydrogens is 522 g/mol. The molecule has 1 N–H and O–H groups in total. The average Bonchev–Trinajstić information content (AvgIpc) is 2.92. The molecule has 0 spiro atoms.